The summed E-state index contributed by atoms with van der Waals surface area (Å²) in [6.07, 6.45) is 41.0. The lowest BCUT2D eigenvalue weighted by Crippen LogP contribution is -2.70. The highest BCUT2D eigenvalue weighted by atomic mass is 16.4. The highest BCUT2D eigenvalue weighted by Gasteiger charge is 2.82. The first-order valence-corrected chi connectivity index (χ1v) is 35.7. The van der Waals surface area contributed by atoms with Crippen LogP contribution >= 0.6 is 0 Å². The number of carboxylic acids is 1. The summed E-state index contributed by atoms with van der Waals surface area (Å²) in [5.74, 6) is 8.60. The molecule has 4 spiro atoms. The number of aliphatic hydroxyl groups is 3. The number of rotatable bonds is 4. The van der Waals surface area contributed by atoms with Gasteiger partial charge in [-0.15, -0.1) is 11.8 Å². The van der Waals surface area contributed by atoms with Crippen molar-refractivity contribution in [2.45, 2.75) is 192 Å². The van der Waals surface area contributed by atoms with Gasteiger partial charge in [-0.3, -0.25) is 4.79 Å². The number of allylic oxidation sites excluding steroid dienone is 9. The summed E-state index contributed by atoms with van der Waals surface area (Å²) >= 11 is 0. The largest absolute Gasteiger partial charge is 0.516 e. The first kappa shape index (κ1) is 57.1. The molecule has 20 rings (SSSR count). The first-order valence-electron chi connectivity index (χ1n) is 35.7. The topological polar surface area (TPSA) is 122 Å². The van der Waals surface area contributed by atoms with E-state index >= 15 is 0 Å². The minimum atomic E-state index is -0.781. The van der Waals surface area contributed by atoms with Crippen LogP contribution in [0.25, 0.3) is 17.2 Å². The summed E-state index contributed by atoms with van der Waals surface area (Å²) in [4.78, 5) is 14.9. The Bertz CT molecular complexity index is 3790. The molecule has 3 aromatic rings. The zero-order chi connectivity index (χ0) is 60.1. The third-order valence-corrected chi connectivity index (χ3v) is 29.1. The molecule has 3 aromatic carbocycles. The molecule has 4 aliphatic heterocycles. The summed E-state index contributed by atoms with van der Waals surface area (Å²) in [7, 11) is 0. The zero-order valence-corrected chi connectivity index (χ0v) is 52.9. The van der Waals surface area contributed by atoms with Crippen molar-refractivity contribution in [1.82, 2.24) is 10.6 Å². The van der Waals surface area contributed by atoms with Gasteiger partial charge in [0, 0.05) is 65.3 Å². The number of aliphatic carboxylic acids is 1. The van der Waals surface area contributed by atoms with Gasteiger partial charge in [-0.2, -0.15) is 0 Å². The number of carboxylic acid groups (broad SMARTS) is 1. The maximum absolute atomic E-state index is 14.9. The van der Waals surface area contributed by atoms with Gasteiger partial charge in [-0.05, 0) is 236 Å². The molecule has 6 N–H and O–H groups in total. The third-order valence-electron chi connectivity index (χ3n) is 29.1. The van der Waals surface area contributed by atoms with Crippen molar-refractivity contribution in [2.75, 3.05) is 13.1 Å². The Morgan fingerprint density at radius 2 is 1.69 bits per heavy atom. The van der Waals surface area contributed by atoms with E-state index in [1.807, 2.05) is 0 Å². The van der Waals surface area contributed by atoms with Crippen LogP contribution in [0.1, 0.15) is 190 Å². The second kappa shape index (κ2) is 21.1. The van der Waals surface area contributed by atoms with Crippen LogP contribution in [-0.2, 0) is 11.2 Å². The van der Waals surface area contributed by atoms with Crippen molar-refractivity contribution >= 4 is 23.2 Å². The smallest absolute Gasteiger partial charge is 0.306 e. The van der Waals surface area contributed by atoms with Gasteiger partial charge in [-0.1, -0.05) is 147 Å². The van der Waals surface area contributed by atoms with Crippen molar-refractivity contribution in [1.29, 1.82) is 0 Å². The number of aliphatic hydroxyl groups excluding tert-OH is 3. The Balaban J connectivity index is 0.894. The summed E-state index contributed by atoms with van der Waals surface area (Å²) in [6, 6.07) is 30.0. The number of nitrogens with one attached hydrogen (secondary N) is 2. The zero-order valence-electron chi connectivity index (χ0n) is 52.9. The molecular formula is C82H96N2O5. The van der Waals surface area contributed by atoms with Gasteiger partial charge in [0.1, 0.15) is 0 Å². The molecule has 6 fully saturated rings. The molecule has 464 valence electrons. The standard InChI is InChI=1S/C82H96N2O5/c1-76-60-30-36-79(39-38-77(51-79)35-29-53(45-77)41-52-15-4-2-5-16-52)82(76)48-69(86)73(76)64(74(88)89)27-25-59(50-85)61(54-17-6-3-7-18-54)24-13-40-83-71-28-26-58(49-84-71)55-20-12-21-56(42-55)62-23-10-11-33-80-34-14-32-78-46-65-66(43-57-19-8-9-22-63(57)72(62)65)81(75(78)80,37-31-70(80)87)67(44-60)68(82)47-78/h2,4-5,8-9,12,14-16,19-22,26,28,32,42-43,46,50,53-54,60-62,64,66,69-70,73,75,83-87H,3,6-7,13,17-18,23-25,27,29-31,33-41,44-45,47-49,51H2,1H3,(H,88,89)/b59-50+/t53-,60-,61-,62-,64+,66-,69+,70-,73-,75?,76+,77-,78+,79-,80+,81-,82+/m0/s1. The van der Waals surface area contributed by atoms with E-state index in [9.17, 15) is 25.2 Å². The molecular weight excluding hydrogens is 1090 g/mol. The second-order valence-corrected chi connectivity index (χ2v) is 32.3. The predicted octanol–water partition coefficient (Wildman–Crippen LogP) is 14.9. The number of fused-ring (bicyclic) bond motifs is 4. The average molecular weight is 1190 g/mol. The molecule has 0 saturated heterocycles. The molecule has 6 saturated carbocycles. The maximum Gasteiger partial charge on any atom is 0.306 e. The number of hydrogen-bond donors (Lipinski definition) is 6. The lowest BCUT2D eigenvalue weighted by atomic mass is 9.27. The Morgan fingerprint density at radius 3 is 2.53 bits per heavy atom. The van der Waals surface area contributed by atoms with Crippen molar-refractivity contribution in [3.05, 3.63) is 171 Å². The van der Waals surface area contributed by atoms with E-state index in [4.69, 9.17) is 0 Å². The van der Waals surface area contributed by atoms with E-state index in [2.05, 4.69) is 145 Å². The van der Waals surface area contributed by atoms with Crippen LogP contribution in [0.2, 0.25) is 0 Å². The van der Waals surface area contributed by atoms with Gasteiger partial charge in [0.2, 0.25) is 0 Å². The van der Waals surface area contributed by atoms with Gasteiger partial charge in [-0.25, -0.2) is 0 Å². The quantitative estimate of drug-likeness (QED) is 0.0874. The van der Waals surface area contributed by atoms with Crippen LogP contribution in [-0.4, -0.2) is 51.7 Å². The molecule has 18 bridgehead atoms. The lowest BCUT2D eigenvalue weighted by molar-refractivity contribution is -0.194. The molecule has 0 radical (unpaired) electrons. The van der Waals surface area contributed by atoms with Crippen molar-refractivity contribution in [3.8, 4) is 11.8 Å². The number of carbonyl (C=O) groups is 1. The fourth-order valence-corrected chi connectivity index (χ4v) is 26.1. The van der Waals surface area contributed by atoms with E-state index in [-0.39, 0.29) is 45.8 Å². The predicted molar refractivity (Wildman–Crippen MR) is 353 cm³/mol. The molecule has 7 heteroatoms. The highest BCUT2D eigenvalue weighted by Crippen LogP contribution is 2.88. The van der Waals surface area contributed by atoms with Crippen LogP contribution in [0, 0.1) is 97.1 Å². The molecule has 13 aliphatic carbocycles. The van der Waals surface area contributed by atoms with E-state index in [1.165, 1.54) is 101 Å². The Kier molecular flexibility index (Phi) is 13.5. The van der Waals surface area contributed by atoms with E-state index < -0.39 is 51.7 Å². The molecule has 4 heterocycles. The Labute approximate surface area is 529 Å². The maximum atomic E-state index is 14.9. The molecule has 89 heavy (non-hydrogen) atoms. The molecule has 1 unspecified atom stereocenters. The van der Waals surface area contributed by atoms with E-state index in [0.29, 0.717) is 43.9 Å². The number of benzene rings is 3. The van der Waals surface area contributed by atoms with Crippen LogP contribution in [0.4, 0.5) is 0 Å². The summed E-state index contributed by atoms with van der Waals surface area (Å²) < 4.78 is 0. The van der Waals surface area contributed by atoms with E-state index in [0.717, 1.165) is 108 Å². The first-order chi connectivity index (χ1) is 43.4. The molecule has 0 aromatic heterocycles. The fourth-order valence-electron chi connectivity index (χ4n) is 26.1. The van der Waals surface area contributed by atoms with Gasteiger partial charge < -0.3 is 31.1 Å². The molecule has 17 atom stereocenters. The van der Waals surface area contributed by atoms with Gasteiger partial charge >= 0.3 is 5.97 Å². The lowest BCUT2D eigenvalue weighted by Gasteiger charge is -2.76. The summed E-state index contributed by atoms with van der Waals surface area (Å²) in [5, 5.41) is 61.1. The Hall–Kier alpha value is -5.81. The second-order valence-electron chi connectivity index (χ2n) is 32.3. The van der Waals surface area contributed by atoms with Crippen LogP contribution < -0.4 is 21.1 Å². The van der Waals surface area contributed by atoms with Crippen molar-refractivity contribution in [3.63, 3.8) is 0 Å². The molecule has 7 nitrogen and oxygen atoms in total. The highest BCUT2D eigenvalue weighted by molar-refractivity contribution is 5.80. The average Bonchev–Trinajstić information content (AvgIpc) is 1.62. The van der Waals surface area contributed by atoms with Gasteiger partial charge in [0.05, 0.1) is 30.2 Å². The van der Waals surface area contributed by atoms with Crippen molar-refractivity contribution < 1.29 is 25.2 Å². The minimum absolute atomic E-state index is 0.0114. The SMILES string of the molecule is C[C@]12[C@H]3CC[C@@]4(CC[C@]5(CC[C@@H](Cc6ccccc6)C5)C4)[C@@]14C[C@@H](O)[C@@H]2[C@H](C(=O)O)CC/C(=C\O)[C@H](C1CCCCC1)CCCNC1=CC=C(CN1)c1cccc(c1)[C@@H]1CC#CC[C@@]25CC=C[C@@]67C=C8C1=c1ccccc1=C[C@@H]8[C@@](CC[C@@H]2O)(C(=C4C6)C3)C75. The third kappa shape index (κ3) is 8.18. The van der Waals surface area contributed by atoms with Crippen LogP contribution in [0.15, 0.2) is 144 Å². The number of dihydropyridines is 1. The molecule has 17 aliphatic rings. The number of hydrogen-bond acceptors (Lipinski definition) is 6. The summed E-state index contributed by atoms with van der Waals surface area (Å²) in [6.45, 7) is 4.11. The van der Waals surface area contributed by atoms with Crippen LogP contribution in [0.3, 0.4) is 0 Å². The van der Waals surface area contributed by atoms with Gasteiger partial charge in [0.25, 0.3) is 0 Å². The fraction of sp³-hybridized carbons (Fsp3) is 0.573. The Morgan fingerprint density at radius 1 is 0.820 bits per heavy atom. The normalized spacial score (nSPS) is 42.8. The minimum Gasteiger partial charge on any atom is -0.516 e. The van der Waals surface area contributed by atoms with E-state index in [1.54, 1.807) is 11.1 Å². The van der Waals surface area contributed by atoms with Crippen molar-refractivity contribution in [2.24, 2.45) is 85.2 Å². The monoisotopic (exact) mass is 1190 g/mol. The van der Waals surface area contributed by atoms with Gasteiger partial charge in [0.15, 0.2) is 0 Å². The van der Waals surface area contributed by atoms with Crippen LogP contribution in [0.5, 0.6) is 0 Å². The summed E-state index contributed by atoms with van der Waals surface area (Å²) in [5.41, 5.74) is 10.5. The molecule has 0 amide bonds.